The molecule has 4 rings (SSSR count). The summed E-state index contributed by atoms with van der Waals surface area (Å²) in [6.07, 6.45) is 0. The normalized spacial score (nSPS) is 16.7. The summed E-state index contributed by atoms with van der Waals surface area (Å²) in [5.74, 6) is 0.418. The van der Waals surface area contributed by atoms with Crippen LogP contribution in [0, 0.1) is 0 Å². The lowest BCUT2D eigenvalue weighted by Gasteiger charge is -2.35. The molecule has 0 aliphatic carbocycles. The standard InChI is InChI=1S/C22H22N2.ClH/c23-22-13-7-5-11-19(22)15-24-14-18-10-4-6-12-20(18)21(16-24)17-8-2-1-3-9-17;/h1-13,21H,14-16,23H2;1H. The minimum atomic E-state index is 0. The van der Waals surface area contributed by atoms with Gasteiger partial charge in [0.05, 0.1) is 0 Å². The first kappa shape index (κ1) is 17.5. The molecule has 1 heterocycles. The SMILES string of the molecule is Cl.Nc1ccccc1CN1Cc2ccccc2C(c2ccccc2)C1. The molecule has 0 saturated carbocycles. The van der Waals surface area contributed by atoms with Gasteiger partial charge in [0, 0.05) is 31.2 Å². The third-order valence-corrected chi connectivity index (χ3v) is 4.92. The minimum Gasteiger partial charge on any atom is -0.398 e. The first-order valence-corrected chi connectivity index (χ1v) is 8.50. The van der Waals surface area contributed by atoms with Gasteiger partial charge in [-0.05, 0) is 28.3 Å². The summed E-state index contributed by atoms with van der Waals surface area (Å²) in [5.41, 5.74) is 12.5. The molecule has 0 saturated heterocycles. The topological polar surface area (TPSA) is 29.3 Å². The third-order valence-electron chi connectivity index (χ3n) is 4.92. The van der Waals surface area contributed by atoms with E-state index >= 15 is 0 Å². The molecular weight excluding hydrogens is 328 g/mol. The fourth-order valence-electron chi connectivity index (χ4n) is 3.69. The molecule has 25 heavy (non-hydrogen) atoms. The Bertz CT molecular complexity index is 832. The van der Waals surface area contributed by atoms with E-state index in [1.165, 1.54) is 22.3 Å². The average Bonchev–Trinajstić information content (AvgIpc) is 2.64. The Morgan fingerprint density at radius 3 is 2.32 bits per heavy atom. The number of para-hydroxylation sites is 1. The molecule has 2 nitrogen and oxygen atoms in total. The lowest BCUT2D eigenvalue weighted by Crippen LogP contribution is -2.33. The smallest absolute Gasteiger partial charge is 0.0359 e. The van der Waals surface area contributed by atoms with E-state index in [2.05, 4.69) is 71.6 Å². The highest BCUT2D eigenvalue weighted by Gasteiger charge is 2.26. The molecule has 0 aromatic heterocycles. The van der Waals surface area contributed by atoms with Crippen molar-refractivity contribution in [2.24, 2.45) is 0 Å². The summed E-state index contributed by atoms with van der Waals surface area (Å²) >= 11 is 0. The Balaban J connectivity index is 0.00000182. The van der Waals surface area contributed by atoms with Crippen molar-refractivity contribution in [1.29, 1.82) is 0 Å². The molecule has 0 fully saturated rings. The second kappa shape index (κ2) is 7.73. The number of halogens is 1. The van der Waals surface area contributed by atoms with Gasteiger partial charge >= 0.3 is 0 Å². The molecular formula is C22H23ClN2. The molecule has 0 spiro atoms. The van der Waals surface area contributed by atoms with Crippen LogP contribution >= 0.6 is 12.4 Å². The zero-order chi connectivity index (χ0) is 16.4. The van der Waals surface area contributed by atoms with E-state index in [-0.39, 0.29) is 12.4 Å². The lowest BCUT2D eigenvalue weighted by molar-refractivity contribution is 0.232. The largest absolute Gasteiger partial charge is 0.398 e. The molecule has 2 N–H and O–H groups in total. The summed E-state index contributed by atoms with van der Waals surface area (Å²) in [6.45, 7) is 2.90. The van der Waals surface area contributed by atoms with Crippen molar-refractivity contribution in [3.63, 3.8) is 0 Å². The Morgan fingerprint density at radius 2 is 1.52 bits per heavy atom. The molecule has 1 unspecified atom stereocenters. The summed E-state index contributed by atoms with van der Waals surface area (Å²) < 4.78 is 0. The fraction of sp³-hybridized carbons (Fsp3) is 0.182. The minimum absolute atomic E-state index is 0. The number of fused-ring (bicyclic) bond motifs is 1. The van der Waals surface area contributed by atoms with Gasteiger partial charge in [0.1, 0.15) is 0 Å². The summed E-state index contributed by atoms with van der Waals surface area (Å²) in [7, 11) is 0. The van der Waals surface area contributed by atoms with E-state index in [1.54, 1.807) is 0 Å². The van der Waals surface area contributed by atoms with Gasteiger partial charge < -0.3 is 5.73 Å². The van der Waals surface area contributed by atoms with Gasteiger partial charge in [0.25, 0.3) is 0 Å². The van der Waals surface area contributed by atoms with E-state index in [0.717, 1.165) is 25.3 Å². The first-order chi connectivity index (χ1) is 11.8. The number of hydrogen-bond donors (Lipinski definition) is 1. The van der Waals surface area contributed by atoms with E-state index in [9.17, 15) is 0 Å². The molecule has 3 heteroatoms. The maximum Gasteiger partial charge on any atom is 0.0359 e. The maximum absolute atomic E-state index is 6.15. The number of rotatable bonds is 3. The highest BCUT2D eigenvalue weighted by molar-refractivity contribution is 5.85. The van der Waals surface area contributed by atoms with Crippen LogP contribution < -0.4 is 5.73 Å². The maximum atomic E-state index is 6.15. The molecule has 1 aliphatic rings. The van der Waals surface area contributed by atoms with Gasteiger partial charge in [0.15, 0.2) is 0 Å². The van der Waals surface area contributed by atoms with Crippen LogP contribution in [0.1, 0.15) is 28.2 Å². The fourth-order valence-corrected chi connectivity index (χ4v) is 3.69. The van der Waals surface area contributed by atoms with Crippen molar-refractivity contribution >= 4 is 18.1 Å². The Morgan fingerprint density at radius 1 is 0.840 bits per heavy atom. The first-order valence-electron chi connectivity index (χ1n) is 8.50. The van der Waals surface area contributed by atoms with E-state index in [4.69, 9.17) is 5.73 Å². The monoisotopic (exact) mass is 350 g/mol. The second-order valence-corrected chi connectivity index (χ2v) is 6.53. The van der Waals surface area contributed by atoms with Crippen LogP contribution in [-0.2, 0) is 13.1 Å². The summed E-state index contributed by atoms with van der Waals surface area (Å²) in [4.78, 5) is 2.51. The molecule has 0 bridgehead atoms. The predicted octanol–water partition coefficient (Wildman–Crippen LogP) is 4.84. The Hall–Kier alpha value is -2.29. The zero-order valence-electron chi connectivity index (χ0n) is 14.1. The quantitative estimate of drug-likeness (QED) is 0.685. The molecule has 1 atom stereocenters. The molecule has 3 aromatic rings. The van der Waals surface area contributed by atoms with Gasteiger partial charge in [-0.25, -0.2) is 0 Å². The Labute approximate surface area is 155 Å². The van der Waals surface area contributed by atoms with E-state index in [0.29, 0.717) is 5.92 Å². The van der Waals surface area contributed by atoms with Crippen molar-refractivity contribution in [1.82, 2.24) is 4.90 Å². The van der Waals surface area contributed by atoms with Crippen LogP contribution in [0.25, 0.3) is 0 Å². The predicted molar refractivity (Wildman–Crippen MR) is 107 cm³/mol. The average molecular weight is 351 g/mol. The number of nitrogens with zero attached hydrogens (tertiary/aromatic N) is 1. The number of nitrogen functional groups attached to an aromatic ring is 1. The van der Waals surface area contributed by atoms with Crippen LogP contribution in [0.5, 0.6) is 0 Å². The van der Waals surface area contributed by atoms with Crippen molar-refractivity contribution in [2.45, 2.75) is 19.0 Å². The highest BCUT2D eigenvalue weighted by Crippen LogP contribution is 2.34. The van der Waals surface area contributed by atoms with Crippen molar-refractivity contribution in [2.75, 3.05) is 12.3 Å². The lowest BCUT2D eigenvalue weighted by atomic mass is 9.84. The number of nitrogens with two attached hydrogens (primary N) is 1. The van der Waals surface area contributed by atoms with Crippen LogP contribution in [0.15, 0.2) is 78.9 Å². The van der Waals surface area contributed by atoms with Crippen LogP contribution in [0.4, 0.5) is 5.69 Å². The molecule has 128 valence electrons. The Kier molecular flexibility index (Phi) is 5.42. The van der Waals surface area contributed by atoms with Crippen LogP contribution in [0.3, 0.4) is 0 Å². The second-order valence-electron chi connectivity index (χ2n) is 6.53. The van der Waals surface area contributed by atoms with Gasteiger partial charge in [-0.15, -0.1) is 12.4 Å². The van der Waals surface area contributed by atoms with Gasteiger partial charge in [0.2, 0.25) is 0 Å². The van der Waals surface area contributed by atoms with Gasteiger partial charge in [-0.3, -0.25) is 4.90 Å². The van der Waals surface area contributed by atoms with E-state index in [1.807, 2.05) is 12.1 Å². The van der Waals surface area contributed by atoms with Crippen LogP contribution in [0.2, 0.25) is 0 Å². The van der Waals surface area contributed by atoms with Gasteiger partial charge in [-0.2, -0.15) is 0 Å². The summed E-state index contributed by atoms with van der Waals surface area (Å²) in [6, 6.07) is 27.8. The van der Waals surface area contributed by atoms with E-state index < -0.39 is 0 Å². The molecule has 1 aliphatic heterocycles. The van der Waals surface area contributed by atoms with Crippen molar-refractivity contribution in [3.05, 3.63) is 101 Å². The molecule has 0 amide bonds. The molecule has 0 radical (unpaired) electrons. The zero-order valence-corrected chi connectivity index (χ0v) is 15.0. The number of anilines is 1. The summed E-state index contributed by atoms with van der Waals surface area (Å²) in [5, 5.41) is 0. The van der Waals surface area contributed by atoms with Crippen LogP contribution in [-0.4, -0.2) is 11.4 Å². The van der Waals surface area contributed by atoms with Gasteiger partial charge in [-0.1, -0.05) is 72.8 Å². The highest BCUT2D eigenvalue weighted by atomic mass is 35.5. The third kappa shape index (κ3) is 3.71. The van der Waals surface area contributed by atoms with Crippen molar-refractivity contribution in [3.8, 4) is 0 Å². The number of benzene rings is 3. The van der Waals surface area contributed by atoms with Crippen molar-refractivity contribution < 1.29 is 0 Å². The molecule has 3 aromatic carbocycles. The number of hydrogen-bond acceptors (Lipinski definition) is 2.